The van der Waals surface area contributed by atoms with Gasteiger partial charge in [0, 0.05) is 38.4 Å². The highest BCUT2D eigenvalue weighted by molar-refractivity contribution is 7.26. The van der Waals surface area contributed by atoms with Gasteiger partial charge in [0.2, 0.25) is 0 Å². The molecule has 2 unspecified atom stereocenters. The summed E-state index contributed by atoms with van der Waals surface area (Å²) in [6.07, 6.45) is 10.6. The van der Waals surface area contributed by atoms with Gasteiger partial charge in [0.15, 0.2) is 0 Å². The molecular formula is C36H24N4S. The van der Waals surface area contributed by atoms with Crippen molar-refractivity contribution in [1.29, 1.82) is 0 Å². The Bertz CT molecular complexity index is 2220. The third kappa shape index (κ3) is 3.33. The van der Waals surface area contributed by atoms with Crippen LogP contribution in [-0.4, -0.2) is 21.3 Å². The summed E-state index contributed by atoms with van der Waals surface area (Å²) >= 11 is 1.85. The average Bonchev–Trinajstić information content (AvgIpc) is 3.71. The van der Waals surface area contributed by atoms with Crippen molar-refractivity contribution < 1.29 is 0 Å². The molecule has 3 aromatic heterocycles. The first-order valence-corrected chi connectivity index (χ1v) is 14.7. The molecule has 4 heterocycles. The van der Waals surface area contributed by atoms with Crippen LogP contribution < -0.4 is 4.90 Å². The minimum atomic E-state index is -0.0648. The lowest BCUT2D eigenvalue weighted by atomic mass is 10.0. The summed E-state index contributed by atoms with van der Waals surface area (Å²) in [4.78, 5) is 12.6. The van der Waals surface area contributed by atoms with Crippen LogP contribution in [0.15, 0.2) is 139 Å². The minimum absolute atomic E-state index is 0.0648. The molecule has 4 nitrogen and oxygen atoms in total. The number of rotatable bonds is 3. The molecule has 0 bridgehead atoms. The fourth-order valence-corrected chi connectivity index (χ4v) is 7.71. The molecule has 0 fully saturated rings. The molecule has 9 rings (SSSR count). The summed E-state index contributed by atoms with van der Waals surface area (Å²) in [5.74, 6) is 0. The minimum Gasteiger partial charge on any atom is -0.334 e. The standard InChI is InChI=1S/C36H24N4S/c1-2-10-23(11-3-1)36-38-29-14-6-8-16-31(29)40(36)25-20-18-24(19-21-25)39-30-15-7-4-13-27(30)33-34(39)35-28(22-37-33)26-12-5-9-17-32(26)41-35/h1-22,31,36H. The Kier molecular flexibility index (Phi) is 4.86. The second-order valence-electron chi connectivity index (χ2n) is 10.6. The van der Waals surface area contributed by atoms with Gasteiger partial charge < -0.3 is 9.47 Å². The van der Waals surface area contributed by atoms with Gasteiger partial charge in [-0.1, -0.05) is 85.0 Å². The zero-order valence-electron chi connectivity index (χ0n) is 22.1. The van der Waals surface area contributed by atoms with Crippen molar-refractivity contribution in [2.24, 2.45) is 4.99 Å². The number of anilines is 1. The third-order valence-electron chi connectivity index (χ3n) is 8.33. The highest BCUT2D eigenvalue weighted by Crippen LogP contribution is 2.43. The average molecular weight is 545 g/mol. The predicted molar refractivity (Wildman–Crippen MR) is 173 cm³/mol. The van der Waals surface area contributed by atoms with E-state index in [2.05, 4.69) is 143 Å². The molecule has 41 heavy (non-hydrogen) atoms. The van der Waals surface area contributed by atoms with Crippen molar-refractivity contribution in [3.63, 3.8) is 0 Å². The van der Waals surface area contributed by atoms with Crippen molar-refractivity contribution in [2.75, 3.05) is 4.90 Å². The number of nitrogens with zero attached hydrogens (tertiary/aromatic N) is 4. The van der Waals surface area contributed by atoms with E-state index in [0.717, 1.165) is 22.6 Å². The quantitative estimate of drug-likeness (QED) is 0.222. The molecule has 4 aromatic carbocycles. The maximum atomic E-state index is 5.14. The second-order valence-corrected chi connectivity index (χ2v) is 11.7. The lowest BCUT2D eigenvalue weighted by molar-refractivity contribution is 0.696. The van der Waals surface area contributed by atoms with Crippen LogP contribution in [0, 0.1) is 0 Å². The largest absolute Gasteiger partial charge is 0.334 e. The van der Waals surface area contributed by atoms with Crippen molar-refractivity contribution in [2.45, 2.75) is 12.2 Å². The van der Waals surface area contributed by atoms with Crippen molar-refractivity contribution in [3.8, 4) is 5.69 Å². The van der Waals surface area contributed by atoms with E-state index >= 15 is 0 Å². The van der Waals surface area contributed by atoms with E-state index in [0.29, 0.717) is 0 Å². The molecule has 0 saturated heterocycles. The van der Waals surface area contributed by atoms with Crippen molar-refractivity contribution in [3.05, 3.63) is 139 Å². The number of hydrogen-bond acceptors (Lipinski definition) is 4. The molecule has 0 radical (unpaired) electrons. The number of hydrogen-bond donors (Lipinski definition) is 0. The van der Waals surface area contributed by atoms with E-state index in [1.807, 2.05) is 11.3 Å². The number of benzene rings is 4. The summed E-state index contributed by atoms with van der Waals surface area (Å²) in [6, 6.07) is 36.9. The smallest absolute Gasteiger partial charge is 0.148 e. The summed E-state index contributed by atoms with van der Waals surface area (Å²) < 4.78 is 4.95. The van der Waals surface area contributed by atoms with Gasteiger partial charge in [-0.15, -0.1) is 11.3 Å². The molecular weight excluding hydrogens is 520 g/mol. The highest BCUT2D eigenvalue weighted by atomic mass is 32.1. The van der Waals surface area contributed by atoms with E-state index in [1.54, 1.807) is 0 Å². The molecule has 2 atom stereocenters. The summed E-state index contributed by atoms with van der Waals surface area (Å²) in [5, 5.41) is 3.65. The van der Waals surface area contributed by atoms with Gasteiger partial charge in [0.25, 0.3) is 0 Å². The van der Waals surface area contributed by atoms with E-state index in [-0.39, 0.29) is 12.2 Å². The predicted octanol–water partition coefficient (Wildman–Crippen LogP) is 9.00. The number of para-hydroxylation sites is 1. The molecule has 1 aliphatic carbocycles. The first kappa shape index (κ1) is 22.8. The number of thiophene rings is 1. The number of allylic oxidation sites excluding steroid dienone is 2. The summed E-state index contributed by atoms with van der Waals surface area (Å²) in [7, 11) is 0. The molecule has 0 saturated carbocycles. The SMILES string of the molecule is C1=CC2=NC(c3ccccc3)N(c3ccc(-n4c5ccccc5c5ncc6c7ccccc7sc6c54)cc3)C2C=C1. The van der Waals surface area contributed by atoms with Gasteiger partial charge in [-0.25, -0.2) is 0 Å². The van der Waals surface area contributed by atoms with Crippen LogP contribution in [0.25, 0.3) is 47.8 Å². The Hall–Kier alpha value is -5.00. The molecule has 2 aliphatic rings. The fourth-order valence-electron chi connectivity index (χ4n) is 6.50. The number of fused-ring (bicyclic) bond motifs is 8. The monoisotopic (exact) mass is 544 g/mol. The molecule has 0 spiro atoms. The maximum absolute atomic E-state index is 5.14. The molecule has 7 aromatic rings. The molecule has 5 heteroatoms. The summed E-state index contributed by atoms with van der Waals surface area (Å²) in [5.41, 5.74) is 7.96. The molecule has 194 valence electrons. The van der Waals surface area contributed by atoms with Crippen LogP contribution in [0.4, 0.5) is 5.69 Å². The molecule has 0 amide bonds. The Balaban J connectivity index is 1.23. The first-order chi connectivity index (χ1) is 20.3. The topological polar surface area (TPSA) is 33.4 Å². The van der Waals surface area contributed by atoms with Gasteiger partial charge in [-0.05, 0) is 48.0 Å². The van der Waals surface area contributed by atoms with Crippen LogP contribution in [0.5, 0.6) is 0 Å². The second kappa shape index (κ2) is 8.75. The zero-order valence-corrected chi connectivity index (χ0v) is 22.9. The van der Waals surface area contributed by atoms with Gasteiger partial charge in [0.05, 0.1) is 33.0 Å². The van der Waals surface area contributed by atoms with E-state index in [9.17, 15) is 0 Å². The van der Waals surface area contributed by atoms with Gasteiger partial charge in [0.1, 0.15) is 6.17 Å². The van der Waals surface area contributed by atoms with E-state index < -0.39 is 0 Å². The Morgan fingerprint density at radius 1 is 0.683 bits per heavy atom. The normalized spacial score (nSPS) is 18.1. The Labute approximate surface area is 240 Å². The number of aliphatic imine (C=N–C) groups is 1. The zero-order chi connectivity index (χ0) is 26.9. The van der Waals surface area contributed by atoms with E-state index in [4.69, 9.17) is 9.98 Å². The van der Waals surface area contributed by atoms with Crippen LogP contribution in [0.1, 0.15) is 11.7 Å². The van der Waals surface area contributed by atoms with E-state index in [1.165, 1.54) is 42.2 Å². The number of pyridine rings is 1. The number of aromatic nitrogens is 2. The van der Waals surface area contributed by atoms with Gasteiger partial charge in [-0.2, -0.15) is 0 Å². The van der Waals surface area contributed by atoms with Crippen molar-refractivity contribution in [1.82, 2.24) is 9.55 Å². The van der Waals surface area contributed by atoms with Crippen LogP contribution >= 0.6 is 11.3 Å². The first-order valence-electron chi connectivity index (χ1n) is 13.9. The Morgan fingerprint density at radius 3 is 2.32 bits per heavy atom. The fraction of sp³-hybridized carbons (Fsp3) is 0.0556. The van der Waals surface area contributed by atoms with Crippen LogP contribution in [0.3, 0.4) is 0 Å². The summed E-state index contributed by atoms with van der Waals surface area (Å²) in [6.45, 7) is 0. The lowest BCUT2D eigenvalue weighted by Gasteiger charge is -2.31. The lowest BCUT2D eigenvalue weighted by Crippen LogP contribution is -2.35. The third-order valence-corrected chi connectivity index (χ3v) is 9.53. The van der Waals surface area contributed by atoms with Gasteiger partial charge in [-0.3, -0.25) is 9.98 Å². The highest BCUT2D eigenvalue weighted by Gasteiger charge is 2.35. The van der Waals surface area contributed by atoms with Crippen LogP contribution in [0.2, 0.25) is 0 Å². The van der Waals surface area contributed by atoms with Crippen molar-refractivity contribution >= 4 is 64.8 Å². The van der Waals surface area contributed by atoms with Gasteiger partial charge >= 0.3 is 0 Å². The Morgan fingerprint density at radius 2 is 1.44 bits per heavy atom. The maximum Gasteiger partial charge on any atom is 0.148 e. The molecule has 1 aliphatic heterocycles. The van der Waals surface area contributed by atoms with Crippen LogP contribution in [-0.2, 0) is 0 Å². The molecule has 0 N–H and O–H groups in total.